The minimum absolute atomic E-state index is 0.0439. The number of benzene rings is 1. The highest BCUT2D eigenvalue weighted by molar-refractivity contribution is 5.88. The zero-order valence-electron chi connectivity index (χ0n) is 15.6. The minimum Gasteiger partial charge on any atom is -0.490 e. The fourth-order valence-corrected chi connectivity index (χ4v) is 4.85. The number of rotatable bonds is 3. The molecule has 146 valence electrons. The van der Waals surface area contributed by atoms with Gasteiger partial charge >= 0.3 is 0 Å². The molecular formula is C22H23FN2O3. The van der Waals surface area contributed by atoms with E-state index >= 15 is 0 Å². The Labute approximate surface area is 163 Å². The van der Waals surface area contributed by atoms with Crippen molar-refractivity contribution in [3.63, 3.8) is 0 Å². The molecule has 3 heterocycles. The van der Waals surface area contributed by atoms with Crippen molar-refractivity contribution in [2.24, 2.45) is 0 Å². The summed E-state index contributed by atoms with van der Waals surface area (Å²) in [6.45, 7) is 0. The van der Waals surface area contributed by atoms with Gasteiger partial charge in [0.15, 0.2) is 0 Å². The van der Waals surface area contributed by atoms with Crippen LogP contribution in [-0.2, 0) is 9.53 Å². The lowest BCUT2D eigenvalue weighted by Gasteiger charge is -2.35. The first-order valence-electron chi connectivity index (χ1n) is 9.97. The Morgan fingerprint density at radius 2 is 1.89 bits per heavy atom. The molecule has 0 radical (unpaired) electrons. The van der Waals surface area contributed by atoms with E-state index in [-0.39, 0.29) is 30.1 Å². The van der Waals surface area contributed by atoms with Gasteiger partial charge in [-0.15, -0.1) is 0 Å². The highest BCUT2D eigenvalue weighted by atomic mass is 19.1. The van der Waals surface area contributed by atoms with Crippen LogP contribution >= 0.6 is 0 Å². The van der Waals surface area contributed by atoms with Crippen LogP contribution in [0.1, 0.15) is 50.1 Å². The molecule has 1 aromatic carbocycles. The van der Waals surface area contributed by atoms with Gasteiger partial charge in [0, 0.05) is 6.20 Å². The molecule has 6 heteroatoms. The average molecular weight is 382 g/mol. The summed E-state index contributed by atoms with van der Waals surface area (Å²) in [6, 6.07) is 11.1. The van der Waals surface area contributed by atoms with E-state index in [1.54, 1.807) is 6.20 Å². The van der Waals surface area contributed by atoms with E-state index in [1.165, 1.54) is 12.3 Å². The largest absolute Gasteiger partial charge is 0.490 e. The van der Waals surface area contributed by atoms with Crippen LogP contribution in [0.15, 0.2) is 48.8 Å². The molecule has 0 bridgehead atoms. The van der Waals surface area contributed by atoms with E-state index in [4.69, 9.17) is 9.47 Å². The number of pyridine rings is 1. The molecule has 1 aliphatic carbocycles. The molecule has 2 aliphatic heterocycles. The SMILES string of the molecule is O=C1N2[C@@H](CC[C@H]2c2cncc(F)c2)OC12CCC(Oc1ccccc1)CC2. The number of carbonyl (C=O) groups excluding carboxylic acids is 1. The maximum atomic E-state index is 13.6. The number of hydrogen-bond donors (Lipinski definition) is 0. The van der Waals surface area contributed by atoms with Crippen molar-refractivity contribution < 1.29 is 18.7 Å². The first-order chi connectivity index (χ1) is 13.6. The van der Waals surface area contributed by atoms with Gasteiger partial charge in [-0.25, -0.2) is 4.39 Å². The van der Waals surface area contributed by atoms with Crippen molar-refractivity contribution in [2.45, 2.75) is 62.5 Å². The lowest BCUT2D eigenvalue weighted by molar-refractivity contribution is -0.143. The normalized spacial score (nSPS) is 32.0. The van der Waals surface area contributed by atoms with Crippen molar-refractivity contribution in [1.82, 2.24) is 9.88 Å². The zero-order chi connectivity index (χ0) is 19.1. The van der Waals surface area contributed by atoms with Gasteiger partial charge in [-0.05, 0) is 62.3 Å². The lowest BCUT2D eigenvalue weighted by atomic mass is 9.82. The van der Waals surface area contributed by atoms with Gasteiger partial charge in [0.1, 0.15) is 23.4 Å². The van der Waals surface area contributed by atoms with Crippen molar-refractivity contribution in [1.29, 1.82) is 0 Å². The molecule has 2 saturated heterocycles. The molecule has 3 fully saturated rings. The summed E-state index contributed by atoms with van der Waals surface area (Å²) < 4.78 is 26.0. The number of fused-ring (bicyclic) bond motifs is 1. The second kappa shape index (κ2) is 6.85. The summed E-state index contributed by atoms with van der Waals surface area (Å²) in [6.07, 6.45) is 7.16. The fourth-order valence-electron chi connectivity index (χ4n) is 4.85. The second-order valence-electron chi connectivity index (χ2n) is 7.94. The van der Waals surface area contributed by atoms with Crippen molar-refractivity contribution in [2.75, 3.05) is 0 Å². The third kappa shape index (κ3) is 2.96. The maximum Gasteiger partial charge on any atom is 0.257 e. The highest BCUT2D eigenvalue weighted by Gasteiger charge is 2.58. The average Bonchev–Trinajstić information content (AvgIpc) is 3.23. The molecule has 2 atom stereocenters. The third-order valence-electron chi connectivity index (χ3n) is 6.22. The molecule has 28 heavy (non-hydrogen) atoms. The van der Waals surface area contributed by atoms with Gasteiger partial charge in [0.25, 0.3) is 5.91 Å². The van der Waals surface area contributed by atoms with Gasteiger partial charge < -0.3 is 14.4 Å². The first kappa shape index (κ1) is 17.6. The van der Waals surface area contributed by atoms with Gasteiger partial charge in [-0.2, -0.15) is 0 Å². The fraction of sp³-hybridized carbons (Fsp3) is 0.455. The highest BCUT2D eigenvalue weighted by Crippen LogP contribution is 2.49. The van der Waals surface area contributed by atoms with Crippen LogP contribution in [0.25, 0.3) is 0 Å². The van der Waals surface area contributed by atoms with Crippen LogP contribution in [0.4, 0.5) is 4.39 Å². The molecule has 2 aromatic rings. The van der Waals surface area contributed by atoms with Crippen molar-refractivity contribution in [3.8, 4) is 5.75 Å². The Morgan fingerprint density at radius 1 is 1.11 bits per heavy atom. The number of carbonyl (C=O) groups is 1. The van der Waals surface area contributed by atoms with Crippen molar-refractivity contribution in [3.05, 3.63) is 60.2 Å². The number of hydrogen-bond acceptors (Lipinski definition) is 4. The summed E-state index contributed by atoms with van der Waals surface area (Å²) in [4.78, 5) is 19.1. The number of amides is 1. The van der Waals surface area contributed by atoms with Crippen LogP contribution < -0.4 is 4.74 Å². The number of aromatic nitrogens is 1. The van der Waals surface area contributed by atoms with E-state index in [0.29, 0.717) is 12.8 Å². The summed E-state index contributed by atoms with van der Waals surface area (Å²) in [5.74, 6) is 0.533. The summed E-state index contributed by atoms with van der Waals surface area (Å²) in [5, 5.41) is 0. The molecule has 3 aliphatic rings. The molecule has 1 spiro atoms. The number of nitrogens with zero attached hydrogens (tertiary/aromatic N) is 2. The molecule has 1 amide bonds. The quantitative estimate of drug-likeness (QED) is 0.805. The van der Waals surface area contributed by atoms with Crippen LogP contribution in [0.2, 0.25) is 0 Å². The van der Waals surface area contributed by atoms with E-state index < -0.39 is 5.60 Å². The van der Waals surface area contributed by atoms with Gasteiger partial charge in [0.05, 0.1) is 18.3 Å². The van der Waals surface area contributed by atoms with E-state index in [1.807, 2.05) is 35.2 Å². The summed E-state index contributed by atoms with van der Waals surface area (Å²) in [7, 11) is 0. The van der Waals surface area contributed by atoms with E-state index in [9.17, 15) is 9.18 Å². The molecule has 0 unspecified atom stereocenters. The third-order valence-corrected chi connectivity index (χ3v) is 6.22. The number of para-hydroxylation sites is 1. The number of halogens is 1. The second-order valence-corrected chi connectivity index (χ2v) is 7.94. The van der Waals surface area contributed by atoms with E-state index in [2.05, 4.69) is 4.98 Å². The summed E-state index contributed by atoms with van der Waals surface area (Å²) in [5.41, 5.74) is -0.00159. The van der Waals surface area contributed by atoms with E-state index in [0.717, 1.165) is 37.0 Å². The monoisotopic (exact) mass is 382 g/mol. The maximum absolute atomic E-state index is 13.6. The minimum atomic E-state index is -0.749. The van der Waals surface area contributed by atoms with Crippen LogP contribution in [0.5, 0.6) is 5.75 Å². The Balaban J connectivity index is 1.29. The number of ether oxygens (including phenoxy) is 2. The van der Waals surface area contributed by atoms with Gasteiger partial charge in [0.2, 0.25) is 0 Å². The Hall–Kier alpha value is -2.47. The van der Waals surface area contributed by atoms with Crippen molar-refractivity contribution >= 4 is 5.91 Å². The van der Waals surface area contributed by atoms with Crippen LogP contribution in [0, 0.1) is 5.82 Å². The Kier molecular flexibility index (Phi) is 4.31. The summed E-state index contributed by atoms with van der Waals surface area (Å²) >= 11 is 0. The molecule has 0 N–H and O–H groups in total. The predicted octanol–water partition coefficient (Wildman–Crippen LogP) is 4.00. The van der Waals surface area contributed by atoms with Crippen LogP contribution in [0.3, 0.4) is 0 Å². The molecular weight excluding hydrogens is 359 g/mol. The molecule has 5 nitrogen and oxygen atoms in total. The topological polar surface area (TPSA) is 51.7 Å². The lowest BCUT2D eigenvalue weighted by Crippen LogP contribution is -2.46. The van der Waals surface area contributed by atoms with Gasteiger partial charge in [-0.3, -0.25) is 9.78 Å². The zero-order valence-corrected chi connectivity index (χ0v) is 15.6. The molecule has 1 aromatic heterocycles. The smallest absolute Gasteiger partial charge is 0.257 e. The Morgan fingerprint density at radius 3 is 2.64 bits per heavy atom. The van der Waals surface area contributed by atoms with Crippen LogP contribution in [-0.4, -0.2) is 33.7 Å². The molecule has 5 rings (SSSR count). The Bertz CT molecular complexity index is 867. The standard InChI is InChI=1S/C22H23FN2O3/c23-16-12-15(13-24-14-16)19-6-7-20-25(19)21(26)22(28-20)10-8-18(9-11-22)27-17-4-2-1-3-5-17/h1-5,12-14,18-20H,6-11H2/t18?,19-,20+,22?/m0/s1. The predicted molar refractivity (Wildman–Crippen MR) is 99.9 cm³/mol. The molecule has 1 saturated carbocycles. The van der Waals surface area contributed by atoms with Gasteiger partial charge in [-0.1, -0.05) is 18.2 Å². The first-order valence-corrected chi connectivity index (χ1v) is 9.97.